The minimum Gasteiger partial charge on any atom is -0.409 e. The lowest BCUT2D eigenvalue weighted by atomic mass is 10.1. The Morgan fingerprint density at radius 1 is 1.38 bits per heavy atom. The van der Waals surface area contributed by atoms with Crippen molar-refractivity contribution in [2.24, 2.45) is 16.8 Å². The molecule has 0 amide bonds. The third-order valence-electron chi connectivity index (χ3n) is 4.16. The van der Waals surface area contributed by atoms with Crippen LogP contribution in [0.25, 0.3) is 0 Å². The number of hydrogen-bond acceptors (Lipinski definition) is 3. The van der Waals surface area contributed by atoms with Gasteiger partial charge in [0.2, 0.25) is 0 Å². The lowest BCUT2D eigenvalue weighted by Crippen LogP contribution is -2.35. The van der Waals surface area contributed by atoms with Gasteiger partial charge in [-0.15, -0.1) is 0 Å². The maximum atomic E-state index is 8.81. The SMILES string of the molecule is CC(C)CN(Cc1cccc(/C(N)=N/O)c1)C1CCCC1. The standard InChI is InChI=1S/C17H27N3O/c1-13(2)11-20(16-8-3-4-9-16)12-14-6-5-7-15(10-14)17(18)19-21/h5-7,10,13,16,21H,3-4,8-9,11-12H2,1-2H3,(H2,18,19). The average Bonchev–Trinajstić information content (AvgIpc) is 3.00. The highest BCUT2D eigenvalue weighted by molar-refractivity contribution is 5.97. The monoisotopic (exact) mass is 289 g/mol. The van der Waals surface area contributed by atoms with Crippen molar-refractivity contribution in [3.63, 3.8) is 0 Å². The van der Waals surface area contributed by atoms with E-state index in [-0.39, 0.29) is 5.84 Å². The Morgan fingerprint density at radius 3 is 2.71 bits per heavy atom. The van der Waals surface area contributed by atoms with Crippen molar-refractivity contribution >= 4 is 5.84 Å². The zero-order valence-electron chi connectivity index (χ0n) is 13.1. The predicted molar refractivity (Wildman–Crippen MR) is 86.5 cm³/mol. The fourth-order valence-corrected chi connectivity index (χ4v) is 3.20. The molecule has 1 saturated carbocycles. The van der Waals surface area contributed by atoms with Crippen LogP contribution in [0.2, 0.25) is 0 Å². The Kier molecular flexibility index (Phi) is 5.62. The van der Waals surface area contributed by atoms with Crippen molar-refractivity contribution in [2.45, 2.75) is 52.1 Å². The lowest BCUT2D eigenvalue weighted by molar-refractivity contribution is 0.168. The Labute approximate surface area is 127 Å². The number of oxime groups is 1. The van der Waals surface area contributed by atoms with Gasteiger partial charge in [0.05, 0.1) is 0 Å². The van der Waals surface area contributed by atoms with Gasteiger partial charge in [0.25, 0.3) is 0 Å². The van der Waals surface area contributed by atoms with Crippen molar-refractivity contribution < 1.29 is 5.21 Å². The van der Waals surface area contributed by atoms with Gasteiger partial charge in [-0.2, -0.15) is 0 Å². The van der Waals surface area contributed by atoms with Crippen molar-refractivity contribution in [1.29, 1.82) is 0 Å². The molecule has 1 aliphatic rings. The van der Waals surface area contributed by atoms with Gasteiger partial charge in [0.15, 0.2) is 5.84 Å². The molecule has 0 heterocycles. The van der Waals surface area contributed by atoms with E-state index in [1.807, 2.05) is 18.2 Å². The van der Waals surface area contributed by atoms with Gasteiger partial charge in [0, 0.05) is 24.7 Å². The maximum absolute atomic E-state index is 8.81. The van der Waals surface area contributed by atoms with Crippen LogP contribution in [-0.2, 0) is 6.54 Å². The maximum Gasteiger partial charge on any atom is 0.170 e. The molecule has 4 nitrogen and oxygen atoms in total. The highest BCUT2D eigenvalue weighted by Gasteiger charge is 2.23. The summed E-state index contributed by atoms with van der Waals surface area (Å²) in [5.41, 5.74) is 7.69. The molecule has 2 rings (SSSR count). The van der Waals surface area contributed by atoms with Crippen molar-refractivity contribution in [2.75, 3.05) is 6.54 Å². The summed E-state index contributed by atoms with van der Waals surface area (Å²) in [5.74, 6) is 0.839. The van der Waals surface area contributed by atoms with E-state index in [1.165, 1.54) is 31.2 Å². The van der Waals surface area contributed by atoms with Crippen LogP contribution in [0, 0.1) is 5.92 Å². The van der Waals surface area contributed by atoms with E-state index < -0.39 is 0 Å². The molecule has 0 atom stereocenters. The lowest BCUT2D eigenvalue weighted by Gasteiger charge is -2.30. The molecule has 0 radical (unpaired) electrons. The van der Waals surface area contributed by atoms with E-state index in [0.717, 1.165) is 18.7 Å². The van der Waals surface area contributed by atoms with Crippen molar-refractivity contribution in [1.82, 2.24) is 4.90 Å². The van der Waals surface area contributed by atoms with Crippen LogP contribution in [-0.4, -0.2) is 28.5 Å². The largest absolute Gasteiger partial charge is 0.409 e. The molecule has 3 N–H and O–H groups in total. The number of amidine groups is 1. The van der Waals surface area contributed by atoms with Gasteiger partial charge in [-0.25, -0.2) is 0 Å². The molecule has 0 saturated heterocycles. The molecule has 1 fully saturated rings. The fourth-order valence-electron chi connectivity index (χ4n) is 3.20. The zero-order valence-corrected chi connectivity index (χ0v) is 13.1. The number of benzene rings is 1. The van der Waals surface area contributed by atoms with Crippen LogP contribution in [0.1, 0.15) is 50.7 Å². The smallest absolute Gasteiger partial charge is 0.170 e. The molecule has 1 aromatic carbocycles. The summed E-state index contributed by atoms with van der Waals surface area (Å²) in [5, 5.41) is 11.9. The molecule has 0 bridgehead atoms. The number of hydrogen-bond donors (Lipinski definition) is 2. The Morgan fingerprint density at radius 2 is 2.10 bits per heavy atom. The molecular formula is C17H27N3O. The quantitative estimate of drug-likeness (QED) is 0.366. The van der Waals surface area contributed by atoms with Crippen LogP contribution in [0.4, 0.5) is 0 Å². The van der Waals surface area contributed by atoms with E-state index >= 15 is 0 Å². The molecule has 0 spiro atoms. The minimum absolute atomic E-state index is 0.174. The molecule has 0 aliphatic heterocycles. The number of nitrogens with two attached hydrogens (primary N) is 1. The predicted octanol–water partition coefficient (Wildman–Crippen LogP) is 3.18. The van der Waals surface area contributed by atoms with Gasteiger partial charge in [0.1, 0.15) is 0 Å². The van der Waals surface area contributed by atoms with Crippen LogP contribution in [0.5, 0.6) is 0 Å². The van der Waals surface area contributed by atoms with Crippen molar-refractivity contribution in [3.05, 3.63) is 35.4 Å². The summed E-state index contributed by atoms with van der Waals surface area (Å²) >= 11 is 0. The molecule has 0 unspecified atom stereocenters. The second-order valence-corrected chi connectivity index (χ2v) is 6.45. The number of rotatable bonds is 6. The van der Waals surface area contributed by atoms with Crippen LogP contribution < -0.4 is 5.73 Å². The van der Waals surface area contributed by atoms with Gasteiger partial charge in [-0.1, -0.05) is 50.0 Å². The van der Waals surface area contributed by atoms with Gasteiger partial charge < -0.3 is 10.9 Å². The summed E-state index contributed by atoms with van der Waals surface area (Å²) in [4.78, 5) is 2.60. The third-order valence-corrected chi connectivity index (χ3v) is 4.16. The summed E-state index contributed by atoms with van der Waals surface area (Å²) < 4.78 is 0. The van der Waals surface area contributed by atoms with E-state index in [0.29, 0.717) is 12.0 Å². The highest BCUT2D eigenvalue weighted by Crippen LogP contribution is 2.26. The first kappa shape index (κ1) is 15.8. The van der Waals surface area contributed by atoms with E-state index in [9.17, 15) is 0 Å². The van der Waals surface area contributed by atoms with Crippen LogP contribution >= 0.6 is 0 Å². The Bertz CT molecular complexity index is 479. The number of nitrogens with zero attached hydrogens (tertiary/aromatic N) is 2. The molecule has 21 heavy (non-hydrogen) atoms. The first-order valence-corrected chi connectivity index (χ1v) is 7.91. The van der Waals surface area contributed by atoms with Gasteiger partial charge >= 0.3 is 0 Å². The summed E-state index contributed by atoms with van der Waals surface area (Å²) in [6.07, 6.45) is 5.33. The summed E-state index contributed by atoms with van der Waals surface area (Å²) in [6.45, 7) is 6.61. The van der Waals surface area contributed by atoms with Gasteiger partial charge in [-0.3, -0.25) is 4.90 Å². The Balaban J connectivity index is 2.12. The minimum atomic E-state index is 0.174. The van der Waals surface area contributed by atoms with E-state index in [4.69, 9.17) is 10.9 Å². The molecule has 0 aromatic heterocycles. The Hall–Kier alpha value is -1.55. The van der Waals surface area contributed by atoms with E-state index in [2.05, 4.69) is 30.0 Å². The second kappa shape index (κ2) is 7.46. The summed E-state index contributed by atoms with van der Waals surface area (Å²) in [6, 6.07) is 8.71. The summed E-state index contributed by atoms with van der Waals surface area (Å²) in [7, 11) is 0. The first-order valence-electron chi connectivity index (χ1n) is 7.91. The highest BCUT2D eigenvalue weighted by atomic mass is 16.4. The molecule has 116 valence electrons. The average molecular weight is 289 g/mol. The normalized spacial score (nSPS) is 17.0. The topological polar surface area (TPSA) is 61.8 Å². The zero-order chi connectivity index (χ0) is 15.2. The molecule has 1 aliphatic carbocycles. The second-order valence-electron chi connectivity index (χ2n) is 6.45. The first-order chi connectivity index (χ1) is 10.1. The van der Waals surface area contributed by atoms with Crippen molar-refractivity contribution in [3.8, 4) is 0 Å². The van der Waals surface area contributed by atoms with E-state index in [1.54, 1.807) is 0 Å². The molecular weight excluding hydrogens is 262 g/mol. The molecule has 4 heteroatoms. The van der Waals surface area contributed by atoms with Crippen LogP contribution in [0.3, 0.4) is 0 Å². The molecule has 1 aromatic rings. The third kappa shape index (κ3) is 4.46. The fraction of sp³-hybridized carbons (Fsp3) is 0.588. The van der Waals surface area contributed by atoms with Crippen LogP contribution in [0.15, 0.2) is 29.4 Å². The van der Waals surface area contributed by atoms with Gasteiger partial charge in [-0.05, 0) is 30.4 Å².